The number of nitrogens with zero attached hydrogens (tertiary/aromatic N) is 2. The van der Waals surface area contributed by atoms with Crippen LogP contribution in [0.15, 0.2) is 134 Å². The summed E-state index contributed by atoms with van der Waals surface area (Å²) in [4.78, 5) is 0. The van der Waals surface area contributed by atoms with Gasteiger partial charge >= 0.3 is 0 Å². The van der Waals surface area contributed by atoms with E-state index in [0.29, 0.717) is 0 Å². The van der Waals surface area contributed by atoms with Crippen LogP contribution in [0.4, 0.5) is 5.69 Å². The number of dihydropyridines is 1. The van der Waals surface area contributed by atoms with Crippen LogP contribution < -0.4 is 20.5 Å². The number of aromatic nitrogens is 1. The van der Waals surface area contributed by atoms with Crippen LogP contribution in [-0.2, 0) is 5.41 Å². The zero-order valence-electron chi connectivity index (χ0n) is 30.2. The fourth-order valence-electron chi connectivity index (χ4n) is 8.75. The van der Waals surface area contributed by atoms with Crippen molar-refractivity contribution in [3.05, 3.63) is 150 Å². The molecule has 0 atom stereocenters. The van der Waals surface area contributed by atoms with Crippen molar-refractivity contribution < 1.29 is 4.74 Å². The Hall–Kier alpha value is -5.52. The number of ether oxygens (including phenoxy) is 1. The molecule has 5 aromatic carbocycles. The summed E-state index contributed by atoms with van der Waals surface area (Å²) in [5, 5.41) is 8.12. The highest BCUT2D eigenvalue weighted by Gasteiger charge is 2.42. The fraction of sp³-hybridized carbons (Fsp3) is 0.234. The molecule has 0 amide bonds. The van der Waals surface area contributed by atoms with Gasteiger partial charge in [-0.25, -0.2) is 5.43 Å². The average Bonchev–Trinajstić information content (AvgIpc) is 3.89. The molecule has 0 fully saturated rings. The number of nitrogens with one attached hydrogen (secondary N) is 2. The van der Waals surface area contributed by atoms with E-state index in [1.165, 1.54) is 88.2 Å². The SMILES string of the molecule is CCCCC1(CCCC)c2ccccc2-c2ccc(C3=CN(c4cccc(Oc5ccc6c7ccccc7n(C7=CC=CCN7)c6c5)c4)NC3)cc21. The van der Waals surface area contributed by atoms with Gasteiger partial charge in [0.2, 0.25) is 0 Å². The standard InChI is InChI=1S/C47H46N4O/c1-3-5-25-47(26-6-4-2)42-18-9-7-16-38(42)39-23-21-33(28-43(39)47)34-31-49-50(32-34)35-14-13-15-36(29-35)52-37-22-24-41-40-17-8-10-19-44(40)51(45(41)30-37)46-20-11-12-27-48-46/h7-24,28-30,32,48-49H,3-6,25-27,31H2,1-2H3. The van der Waals surface area contributed by atoms with Gasteiger partial charge in [-0.2, -0.15) is 0 Å². The van der Waals surface area contributed by atoms with Crippen molar-refractivity contribution in [1.29, 1.82) is 0 Å². The molecule has 9 rings (SSSR count). The minimum Gasteiger partial charge on any atom is -0.457 e. The molecular weight excluding hydrogens is 637 g/mol. The van der Waals surface area contributed by atoms with E-state index in [-0.39, 0.29) is 5.41 Å². The Labute approximate surface area is 306 Å². The lowest BCUT2D eigenvalue weighted by Gasteiger charge is -2.33. The van der Waals surface area contributed by atoms with Gasteiger partial charge in [0.05, 0.1) is 16.7 Å². The number of anilines is 1. The second kappa shape index (κ2) is 13.6. The van der Waals surface area contributed by atoms with Crippen molar-refractivity contribution in [1.82, 2.24) is 15.3 Å². The molecule has 0 bridgehead atoms. The molecule has 2 aliphatic heterocycles. The summed E-state index contributed by atoms with van der Waals surface area (Å²) in [7, 11) is 0. The molecule has 5 heteroatoms. The Kier molecular flexibility index (Phi) is 8.44. The molecule has 0 saturated carbocycles. The third-order valence-corrected chi connectivity index (χ3v) is 11.3. The van der Waals surface area contributed by atoms with Crippen LogP contribution in [0.1, 0.15) is 69.1 Å². The van der Waals surface area contributed by atoms with E-state index in [4.69, 9.17) is 4.74 Å². The van der Waals surface area contributed by atoms with Crippen LogP contribution in [0.3, 0.4) is 0 Å². The summed E-state index contributed by atoms with van der Waals surface area (Å²) in [5.41, 5.74) is 15.5. The molecule has 1 aromatic heterocycles. The van der Waals surface area contributed by atoms with Gasteiger partial charge in [-0.3, -0.25) is 9.58 Å². The highest BCUT2D eigenvalue weighted by Crippen LogP contribution is 2.54. The van der Waals surface area contributed by atoms with Crippen molar-refractivity contribution in [2.24, 2.45) is 0 Å². The molecular formula is C47H46N4O. The molecule has 2 N–H and O–H groups in total. The molecule has 0 radical (unpaired) electrons. The molecule has 0 unspecified atom stereocenters. The first-order chi connectivity index (χ1) is 25.7. The predicted octanol–water partition coefficient (Wildman–Crippen LogP) is 11.6. The lowest BCUT2D eigenvalue weighted by Crippen LogP contribution is -2.28. The Bertz CT molecular complexity index is 2390. The number of fused-ring (bicyclic) bond motifs is 6. The lowest BCUT2D eigenvalue weighted by molar-refractivity contribution is 0.414. The molecule has 3 aliphatic rings. The number of unbranched alkanes of at least 4 members (excludes halogenated alkanes) is 2. The van der Waals surface area contributed by atoms with Gasteiger partial charge in [-0.15, -0.1) is 0 Å². The largest absolute Gasteiger partial charge is 0.457 e. The maximum Gasteiger partial charge on any atom is 0.129 e. The van der Waals surface area contributed by atoms with Gasteiger partial charge < -0.3 is 10.1 Å². The molecule has 1 aliphatic carbocycles. The number of allylic oxidation sites excluding steroid dienone is 2. The van der Waals surface area contributed by atoms with Gasteiger partial charge in [-0.1, -0.05) is 112 Å². The normalized spacial score (nSPS) is 15.8. The van der Waals surface area contributed by atoms with E-state index in [2.05, 4.69) is 162 Å². The molecule has 5 nitrogen and oxygen atoms in total. The topological polar surface area (TPSA) is 41.5 Å². The Morgan fingerprint density at radius 3 is 2.35 bits per heavy atom. The number of para-hydroxylation sites is 1. The van der Waals surface area contributed by atoms with E-state index in [0.717, 1.165) is 41.6 Å². The van der Waals surface area contributed by atoms with E-state index >= 15 is 0 Å². The van der Waals surface area contributed by atoms with Gasteiger partial charge in [0.1, 0.15) is 17.3 Å². The highest BCUT2D eigenvalue weighted by molar-refractivity contribution is 6.10. The lowest BCUT2D eigenvalue weighted by atomic mass is 9.70. The maximum atomic E-state index is 6.56. The first-order valence-electron chi connectivity index (χ1n) is 19.1. The van der Waals surface area contributed by atoms with E-state index in [1.807, 2.05) is 6.07 Å². The zero-order valence-corrected chi connectivity index (χ0v) is 30.2. The number of benzene rings is 5. The molecule has 0 saturated heterocycles. The van der Waals surface area contributed by atoms with Crippen LogP contribution in [-0.4, -0.2) is 17.7 Å². The van der Waals surface area contributed by atoms with Crippen LogP contribution >= 0.6 is 0 Å². The third-order valence-electron chi connectivity index (χ3n) is 11.3. The summed E-state index contributed by atoms with van der Waals surface area (Å²) in [5.74, 6) is 2.67. The van der Waals surface area contributed by atoms with E-state index in [9.17, 15) is 0 Å². The predicted molar refractivity (Wildman–Crippen MR) is 218 cm³/mol. The minimum absolute atomic E-state index is 0.0875. The van der Waals surface area contributed by atoms with Crippen molar-refractivity contribution in [2.45, 2.75) is 57.8 Å². The Morgan fingerprint density at radius 1 is 0.712 bits per heavy atom. The molecule has 52 heavy (non-hydrogen) atoms. The number of rotatable bonds is 11. The van der Waals surface area contributed by atoms with Gasteiger partial charge in [0.15, 0.2) is 0 Å². The highest BCUT2D eigenvalue weighted by atomic mass is 16.5. The molecule has 260 valence electrons. The number of hydrogen-bond acceptors (Lipinski definition) is 4. The van der Waals surface area contributed by atoms with Gasteiger partial charge in [-0.05, 0) is 88.7 Å². The van der Waals surface area contributed by atoms with Crippen molar-refractivity contribution in [3.63, 3.8) is 0 Å². The smallest absolute Gasteiger partial charge is 0.129 e. The molecule has 6 aromatic rings. The summed E-state index contributed by atoms with van der Waals surface area (Å²) in [6.45, 7) is 6.22. The average molecular weight is 683 g/mol. The van der Waals surface area contributed by atoms with Crippen LogP contribution in [0.2, 0.25) is 0 Å². The second-order valence-electron chi connectivity index (χ2n) is 14.4. The monoisotopic (exact) mass is 682 g/mol. The van der Waals surface area contributed by atoms with Gasteiger partial charge in [0, 0.05) is 47.6 Å². The van der Waals surface area contributed by atoms with Crippen LogP contribution in [0, 0.1) is 0 Å². The fourth-order valence-corrected chi connectivity index (χ4v) is 8.75. The maximum absolute atomic E-state index is 6.56. The zero-order chi connectivity index (χ0) is 35.1. The molecule has 3 heterocycles. The third kappa shape index (κ3) is 5.52. The van der Waals surface area contributed by atoms with E-state index in [1.54, 1.807) is 0 Å². The van der Waals surface area contributed by atoms with Crippen molar-refractivity contribution in [2.75, 3.05) is 18.1 Å². The first-order valence-corrected chi connectivity index (χ1v) is 19.1. The first kappa shape index (κ1) is 32.4. The quantitative estimate of drug-likeness (QED) is 0.143. The second-order valence-corrected chi connectivity index (χ2v) is 14.4. The summed E-state index contributed by atoms with van der Waals surface area (Å²) < 4.78 is 8.86. The van der Waals surface area contributed by atoms with Crippen molar-refractivity contribution >= 4 is 38.9 Å². The van der Waals surface area contributed by atoms with Gasteiger partial charge in [0.25, 0.3) is 0 Å². The van der Waals surface area contributed by atoms with E-state index < -0.39 is 0 Å². The number of hydrogen-bond donors (Lipinski definition) is 2. The summed E-state index contributed by atoms with van der Waals surface area (Å²) in [6.07, 6.45) is 15.9. The summed E-state index contributed by atoms with van der Waals surface area (Å²) >= 11 is 0. The Morgan fingerprint density at radius 2 is 1.50 bits per heavy atom. The molecule has 0 spiro atoms. The van der Waals surface area contributed by atoms with Crippen LogP contribution in [0.5, 0.6) is 11.5 Å². The minimum atomic E-state index is 0.0875. The Balaban J connectivity index is 1.01. The van der Waals surface area contributed by atoms with Crippen LogP contribution in [0.25, 0.3) is 44.3 Å². The van der Waals surface area contributed by atoms with Crippen molar-refractivity contribution in [3.8, 4) is 22.6 Å². The summed E-state index contributed by atoms with van der Waals surface area (Å²) in [6, 6.07) is 39.7. The number of hydrazine groups is 1.